The molecular formula is C11H16N2O3S. The number of nitrogens with one attached hydrogen (secondary N) is 1. The monoisotopic (exact) mass is 256 g/mol. The SMILES string of the molecule is CN(C)S(=O)(=O)NC1CCOc2ccccc21. The first kappa shape index (κ1) is 12.3. The fourth-order valence-corrected chi connectivity index (χ4v) is 2.56. The smallest absolute Gasteiger partial charge is 0.279 e. The quantitative estimate of drug-likeness (QED) is 0.874. The van der Waals surface area contributed by atoms with Gasteiger partial charge in [0, 0.05) is 26.1 Å². The van der Waals surface area contributed by atoms with Gasteiger partial charge in [0.2, 0.25) is 0 Å². The number of nitrogens with zero attached hydrogens (tertiary/aromatic N) is 1. The average Bonchev–Trinajstić information content (AvgIpc) is 2.29. The van der Waals surface area contributed by atoms with Crippen LogP contribution in [-0.4, -0.2) is 33.4 Å². The Kier molecular flexibility index (Phi) is 3.37. The number of benzene rings is 1. The van der Waals surface area contributed by atoms with Crippen LogP contribution in [0.15, 0.2) is 24.3 Å². The van der Waals surface area contributed by atoms with Gasteiger partial charge >= 0.3 is 0 Å². The summed E-state index contributed by atoms with van der Waals surface area (Å²) >= 11 is 0. The van der Waals surface area contributed by atoms with Crippen molar-refractivity contribution in [1.29, 1.82) is 0 Å². The third kappa shape index (κ3) is 2.59. The van der Waals surface area contributed by atoms with E-state index in [2.05, 4.69) is 4.72 Å². The molecule has 1 aromatic carbocycles. The topological polar surface area (TPSA) is 58.6 Å². The van der Waals surface area contributed by atoms with E-state index in [4.69, 9.17) is 4.74 Å². The summed E-state index contributed by atoms with van der Waals surface area (Å²) in [5.41, 5.74) is 0.893. The van der Waals surface area contributed by atoms with Gasteiger partial charge in [-0.1, -0.05) is 18.2 Å². The zero-order valence-corrected chi connectivity index (χ0v) is 10.7. The Hall–Kier alpha value is -1.11. The molecule has 94 valence electrons. The average molecular weight is 256 g/mol. The number of fused-ring (bicyclic) bond motifs is 1. The zero-order chi connectivity index (χ0) is 12.5. The van der Waals surface area contributed by atoms with Gasteiger partial charge in [-0.2, -0.15) is 17.4 Å². The highest BCUT2D eigenvalue weighted by molar-refractivity contribution is 7.87. The third-order valence-corrected chi connectivity index (χ3v) is 4.27. The van der Waals surface area contributed by atoms with Crippen molar-refractivity contribution in [2.45, 2.75) is 12.5 Å². The Bertz CT molecular complexity index is 499. The Morgan fingerprint density at radius 3 is 2.76 bits per heavy atom. The lowest BCUT2D eigenvalue weighted by Gasteiger charge is -2.27. The van der Waals surface area contributed by atoms with E-state index in [1.54, 1.807) is 0 Å². The Morgan fingerprint density at radius 2 is 2.06 bits per heavy atom. The summed E-state index contributed by atoms with van der Waals surface area (Å²) in [6.45, 7) is 0.525. The van der Waals surface area contributed by atoms with Crippen LogP contribution in [0.1, 0.15) is 18.0 Å². The largest absolute Gasteiger partial charge is 0.493 e. The summed E-state index contributed by atoms with van der Waals surface area (Å²) in [5, 5.41) is 0. The van der Waals surface area contributed by atoms with Crippen molar-refractivity contribution in [2.75, 3.05) is 20.7 Å². The summed E-state index contributed by atoms with van der Waals surface area (Å²) in [5.74, 6) is 0.755. The highest BCUT2D eigenvalue weighted by atomic mass is 32.2. The zero-order valence-electron chi connectivity index (χ0n) is 9.88. The van der Waals surface area contributed by atoms with Gasteiger partial charge in [-0.25, -0.2) is 0 Å². The molecule has 0 radical (unpaired) electrons. The number of rotatable bonds is 3. The van der Waals surface area contributed by atoms with Gasteiger partial charge in [0.25, 0.3) is 10.2 Å². The number of hydrogen-bond acceptors (Lipinski definition) is 3. The molecule has 0 amide bonds. The van der Waals surface area contributed by atoms with Crippen molar-refractivity contribution in [3.8, 4) is 5.75 Å². The van der Waals surface area contributed by atoms with Crippen LogP contribution in [0.4, 0.5) is 0 Å². The van der Waals surface area contributed by atoms with Crippen LogP contribution >= 0.6 is 0 Å². The molecule has 0 saturated heterocycles. The molecule has 17 heavy (non-hydrogen) atoms. The van der Waals surface area contributed by atoms with Crippen LogP contribution in [0, 0.1) is 0 Å². The molecule has 1 N–H and O–H groups in total. The number of ether oxygens (including phenoxy) is 1. The molecule has 1 aliphatic rings. The van der Waals surface area contributed by atoms with Gasteiger partial charge in [-0.15, -0.1) is 0 Å². The molecule has 1 aromatic rings. The lowest BCUT2D eigenvalue weighted by atomic mass is 10.0. The molecule has 1 unspecified atom stereocenters. The van der Waals surface area contributed by atoms with E-state index in [0.717, 1.165) is 11.3 Å². The number of hydrogen-bond donors (Lipinski definition) is 1. The molecule has 0 saturated carbocycles. The van der Waals surface area contributed by atoms with Crippen molar-refractivity contribution in [3.05, 3.63) is 29.8 Å². The molecular weight excluding hydrogens is 240 g/mol. The Labute approximate surface area is 102 Å². The van der Waals surface area contributed by atoms with Crippen LogP contribution < -0.4 is 9.46 Å². The maximum absolute atomic E-state index is 11.8. The number of para-hydroxylation sites is 1. The molecule has 0 fully saturated rings. The van der Waals surface area contributed by atoms with E-state index in [1.807, 2.05) is 24.3 Å². The molecule has 0 bridgehead atoms. The lowest BCUT2D eigenvalue weighted by Crippen LogP contribution is -2.39. The molecule has 1 aliphatic heterocycles. The second kappa shape index (κ2) is 4.64. The molecule has 0 aliphatic carbocycles. The van der Waals surface area contributed by atoms with Crippen LogP contribution in [0.3, 0.4) is 0 Å². The summed E-state index contributed by atoms with van der Waals surface area (Å²) in [6.07, 6.45) is 0.643. The maximum Gasteiger partial charge on any atom is 0.279 e. The predicted molar refractivity (Wildman–Crippen MR) is 65.0 cm³/mol. The summed E-state index contributed by atoms with van der Waals surface area (Å²) < 4.78 is 32.9. The van der Waals surface area contributed by atoms with Gasteiger partial charge < -0.3 is 4.74 Å². The summed E-state index contributed by atoms with van der Waals surface area (Å²) in [6, 6.07) is 7.28. The maximum atomic E-state index is 11.8. The van der Waals surface area contributed by atoms with Crippen molar-refractivity contribution in [2.24, 2.45) is 0 Å². The first-order chi connectivity index (χ1) is 8.00. The molecule has 0 aromatic heterocycles. The van der Waals surface area contributed by atoms with Gasteiger partial charge in [-0.05, 0) is 6.07 Å². The van der Waals surface area contributed by atoms with E-state index < -0.39 is 10.2 Å². The minimum Gasteiger partial charge on any atom is -0.493 e. The van der Waals surface area contributed by atoms with E-state index in [-0.39, 0.29) is 6.04 Å². The van der Waals surface area contributed by atoms with E-state index in [9.17, 15) is 8.42 Å². The van der Waals surface area contributed by atoms with E-state index >= 15 is 0 Å². The molecule has 5 nitrogen and oxygen atoms in total. The van der Waals surface area contributed by atoms with Crippen molar-refractivity contribution < 1.29 is 13.2 Å². The Balaban J connectivity index is 2.25. The fraction of sp³-hybridized carbons (Fsp3) is 0.455. The molecule has 1 heterocycles. The molecule has 2 rings (SSSR count). The third-order valence-electron chi connectivity index (χ3n) is 2.73. The lowest BCUT2D eigenvalue weighted by molar-refractivity contribution is 0.262. The van der Waals surface area contributed by atoms with Crippen LogP contribution in [0.25, 0.3) is 0 Å². The first-order valence-electron chi connectivity index (χ1n) is 5.42. The van der Waals surface area contributed by atoms with Crippen LogP contribution in [0.2, 0.25) is 0 Å². The van der Waals surface area contributed by atoms with Crippen LogP contribution in [-0.2, 0) is 10.2 Å². The second-order valence-electron chi connectivity index (χ2n) is 4.13. The predicted octanol–water partition coefficient (Wildman–Crippen LogP) is 0.906. The summed E-state index contributed by atoms with van der Waals surface area (Å²) in [7, 11) is -0.398. The highest BCUT2D eigenvalue weighted by Gasteiger charge is 2.26. The van der Waals surface area contributed by atoms with Crippen LogP contribution in [0.5, 0.6) is 5.75 Å². The molecule has 6 heteroatoms. The minimum absolute atomic E-state index is 0.215. The van der Waals surface area contributed by atoms with Gasteiger partial charge in [0.05, 0.1) is 12.6 Å². The van der Waals surface area contributed by atoms with E-state index in [1.165, 1.54) is 18.4 Å². The molecule has 0 spiro atoms. The Morgan fingerprint density at radius 1 is 1.35 bits per heavy atom. The van der Waals surface area contributed by atoms with Crippen molar-refractivity contribution in [1.82, 2.24) is 9.03 Å². The van der Waals surface area contributed by atoms with Gasteiger partial charge in [-0.3, -0.25) is 0 Å². The molecule has 1 atom stereocenters. The first-order valence-corrected chi connectivity index (χ1v) is 6.86. The minimum atomic E-state index is -3.41. The van der Waals surface area contributed by atoms with Gasteiger partial charge in [0.1, 0.15) is 5.75 Å². The highest BCUT2D eigenvalue weighted by Crippen LogP contribution is 2.31. The van der Waals surface area contributed by atoms with E-state index in [0.29, 0.717) is 13.0 Å². The standard InChI is InChI=1S/C11H16N2O3S/c1-13(2)17(14,15)12-10-7-8-16-11-6-4-3-5-9(10)11/h3-6,10,12H,7-8H2,1-2H3. The van der Waals surface area contributed by atoms with Crippen molar-refractivity contribution in [3.63, 3.8) is 0 Å². The fourth-order valence-electron chi connectivity index (χ4n) is 1.75. The summed E-state index contributed by atoms with van der Waals surface area (Å²) in [4.78, 5) is 0. The normalized spacial score (nSPS) is 19.8. The van der Waals surface area contributed by atoms with Gasteiger partial charge in [0.15, 0.2) is 0 Å². The van der Waals surface area contributed by atoms with Crippen molar-refractivity contribution >= 4 is 10.2 Å². The second-order valence-corrected chi connectivity index (χ2v) is 6.05.